The van der Waals surface area contributed by atoms with Crippen LogP contribution in [0.25, 0.3) is 11.0 Å². The number of benzene rings is 1. The average Bonchev–Trinajstić information content (AvgIpc) is 2.89. The van der Waals surface area contributed by atoms with Crippen LogP contribution < -0.4 is 0 Å². The van der Waals surface area contributed by atoms with Gasteiger partial charge in [0.1, 0.15) is 16.9 Å². The Hall–Kier alpha value is -1.70. The lowest BCUT2D eigenvalue weighted by molar-refractivity contribution is 0.0185. The first-order valence-corrected chi connectivity index (χ1v) is 8.72. The number of halogens is 2. The van der Waals surface area contributed by atoms with E-state index in [1.54, 1.807) is 9.58 Å². The summed E-state index contributed by atoms with van der Waals surface area (Å²) in [5.41, 5.74) is 0.809. The molecule has 0 N–H and O–H groups in total. The summed E-state index contributed by atoms with van der Waals surface area (Å²) in [5.74, 6) is -0.330. The van der Waals surface area contributed by atoms with Gasteiger partial charge in [-0.3, -0.25) is 0 Å². The van der Waals surface area contributed by atoms with E-state index >= 15 is 0 Å². The van der Waals surface area contributed by atoms with Crippen molar-refractivity contribution in [1.29, 1.82) is 0 Å². The molecular weight excluding hydrogens is 379 g/mol. The first-order valence-electron chi connectivity index (χ1n) is 7.92. The Kier molecular flexibility index (Phi) is 4.50. The quantitative estimate of drug-likeness (QED) is 0.730. The molecule has 0 radical (unpaired) electrons. The highest BCUT2D eigenvalue weighted by Gasteiger charge is 2.28. The third-order valence-corrected chi connectivity index (χ3v) is 4.56. The molecule has 1 aliphatic rings. The number of fused-ring (bicyclic) bond motifs is 1. The van der Waals surface area contributed by atoms with Crippen LogP contribution in [0.15, 0.2) is 16.6 Å². The lowest BCUT2D eigenvalue weighted by atomic mass is 10.1. The van der Waals surface area contributed by atoms with Gasteiger partial charge in [-0.15, -0.1) is 5.10 Å². The van der Waals surface area contributed by atoms with E-state index in [1.807, 2.05) is 20.8 Å². The molecule has 0 atom stereocenters. The summed E-state index contributed by atoms with van der Waals surface area (Å²) in [7, 11) is 0. The van der Waals surface area contributed by atoms with Crippen LogP contribution in [0.1, 0.15) is 39.7 Å². The van der Waals surface area contributed by atoms with E-state index in [-0.39, 0.29) is 18.0 Å². The second-order valence-corrected chi connectivity index (χ2v) is 7.84. The monoisotopic (exact) mass is 398 g/mol. The number of hydrogen-bond donors (Lipinski definition) is 0. The number of amides is 1. The molecule has 1 saturated heterocycles. The van der Waals surface area contributed by atoms with Crippen molar-refractivity contribution in [3.05, 3.63) is 22.4 Å². The number of likely N-dealkylation sites (tertiary alicyclic amines) is 1. The second-order valence-electron chi connectivity index (χ2n) is 6.99. The van der Waals surface area contributed by atoms with E-state index in [0.29, 0.717) is 28.6 Å². The first-order chi connectivity index (χ1) is 11.2. The lowest BCUT2D eigenvalue weighted by Gasteiger charge is -2.33. The maximum Gasteiger partial charge on any atom is 0.410 e. The molecule has 2 aromatic rings. The van der Waals surface area contributed by atoms with Crippen molar-refractivity contribution in [2.24, 2.45) is 0 Å². The van der Waals surface area contributed by atoms with Crippen LogP contribution in [-0.2, 0) is 4.74 Å². The fourth-order valence-electron chi connectivity index (χ4n) is 2.86. The number of carbonyl (C=O) groups excluding carboxylic acids is 1. The molecule has 2 heterocycles. The number of ether oxygens (including phenoxy) is 1. The number of nitrogens with zero attached hydrogens (tertiary/aromatic N) is 4. The van der Waals surface area contributed by atoms with Crippen molar-refractivity contribution >= 4 is 33.1 Å². The van der Waals surface area contributed by atoms with Crippen molar-refractivity contribution in [1.82, 2.24) is 19.9 Å². The Bertz CT molecular complexity index is 763. The largest absolute Gasteiger partial charge is 0.444 e. The van der Waals surface area contributed by atoms with Gasteiger partial charge in [-0.25, -0.2) is 13.9 Å². The minimum Gasteiger partial charge on any atom is -0.444 e. The third-order valence-electron chi connectivity index (χ3n) is 3.96. The van der Waals surface area contributed by atoms with E-state index in [0.717, 1.165) is 12.8 Å². The van der Waals surface area contributed by atoms with Gasteiger partial charge < -0.3 is 9.64 Å². The molecule has 24 heavy (non-hydrogen) atoms. The third kappa shape index (κ3) is 3.53. The normalized spacial score (nSPS) is 16.6. The molecule has 0 spiro atoms. The Morgan fingerprint density at radius 3 is 2.62 bits per heavy atom. The number of rotatable bonds is 1. The highest BCUT2D eigenvalue weighted by Crippen LogP contribution is 2.29. The maximum atomic E-state index is 13.7. The van der Waals surface area contributed by atoms with Crippen LogP contribution in [0.3, 0.4) is 0 Å². The SMILES string of the molecule is CC(C)(C)OC(=O)N1CCC(n2nnc3c(Br)cc(F)cc32)CC1. The molecule has 130 valence electrons. The number of piperidine rings is 1. The topological polar surface area (TPSA) is 60.2 Å². The summed E-state index contributed by atoms with van der Waals surface area (Å²) in [6.07, 6.45) is 1.16. The van der Waals surface area contributed by atoms with Crippen molar-refractivity contribution in [3.8, 4) is 0 Å². The zero-order chi connectivity index (χ0) is 17.5. The molecule has 1 amide bonds. The van der Waals surface area contributed by atoms with E-state index in [1.165, 1.54) is 12.1 Å². The summed E-state index contributed by atoms with van der Waals surface area (Å²) in [6.45, 7) is 6.72. The van der Waals surface area contributed by atoms with E-state index < -0.39 is 5.60 Å². The molecule has 0 bridgehead atoms. The van der Waals surface area contributed by atoms with Gasteiger partial charge >= 0.3 is 6.09 Å². The Balaban J connectivity index is 1.72. The van der Waals surface area contributed by atoms with Crippen molar-refractivity contribution in [2.45, 2.75) is 45.3 Å². The minimum atomic E-state index is -0.500. The average molecular weight is 399 g/mol. The van der Waals surface area contributed by atoms with Gasteiger partial charge in [0.2, 0.25) is 0 Å². The van der Waals surface area contributed by atoms with Crippen LogP contribution in [-0.4, -0.2) is 44.7 Å². The van der Waals surface area contributed by atoms with Gasteiger partial charge in [-0.2, -0.15) is 0 Å². The first kappa shape index (κ1) is 17.1. The molecule has 0 unspecified atom stereocenters. The molecule has 1 aromatic carbocycles. The molecule has 1 aliphatic heterocycles. The lowest BCUT2D eigenvalue weighted by Crippen LogP contribution is -2.42. The van der Waals surface area contributed by atoms with Gasteiger partial charge in [0.25, 0.3) is 0 Å². The smallest absolute Gasteiger partial charge is 0.410 e. The highest BCUT2D eigenvalue weighted by atomic mass is 79.9. The van der Waals surface area contributed by atoms with Crippen LogP contribution in [0.4, 0.5) is 9.18 Å². The molecule has 6 nitrogen and oxygen atoms in total. The molecule has 1 aromatic heterocycles. The predicted octanol–water partition coefficient (Wildman–Crippen LogP) is 3.90. The molecule has 0 saturated carbocycles. The molecule has 1 fully saturated rings. The summed E-state index contributed by atoms with van der Waals surface area (Å²) < 4.78 is 21.4. The van der Waals surface area contributed by atoms with Gasteiger partial charge in [-0.1, -0.05) is 5.21 Å². The van der Waals surface area contributed by atoms with E-state index in [9.17, 15) is 9.18 Å². The van der Waals surface area contributed by atoms with Crippen LogP contribution >= 0.6 is 15.9 Å². The fourth-order valence-corrected chi connectivity index (χ4v) is 3.36. The van der Waals surface area contributed by atoms with Crippen LogP contribution in [0.5, 0.6) is 0 Å². The van der Waals surface area contributed by atoms with E-state index in [4.69, 9.17) is 4.74 Å². The predicted molar refractivity (Wildman–Crippen MR) is 91.3 cm³/mol. The molecular formula is C16H20BrFN4O2. The molecule has 0 aliphatic carbocycles. The summed E-state index contributed by atoms with van der Waals surface area (Å²) in [4.78, 5) is 13.8. The minimum absolute atomic E-state index is 0.0855. The summed E-state index contributed by atoms with van der Waals surface area (Å²) in [6, 6.07) is 2.91. The standard InChI is InChI=1S/C16H20BrFN4O2/c1-16(2,3)24-15(23)21-6-4-11(5-7-21)22-13-9-10(18)8-12(17)14(13)19-20-22/h8-9,11H,4-7H2,1-3H3. The summed E-state index contributed by atoms with van der Waals surface area (Å²) >= 11 is 3.32. The number of carbonyl (C=O) groups is 1. The number of aromatic nitrogens is 3. The van der Waals surface area contributed by atoms with Gasteiger partial charge in [0, 0.05) is 19.2 Å². The second kappa shape index (κ2) is 6.31. The van der Waals surface area contributed by atoms with Crippen molar-refractivity contribution < 1.29 is 13.9 Å². The fraction of sp³-hybridized carbons (Fsp3) is 0.562. The zero-order valence-corrected chi connectivity index (χ0v) is 15.5. The summed E-state index contributed by atoms with van der Waals surface area (Å²) in [5, 5.41) is 8.32. The Labute approximate surface area is 148 Å². The Morgan fingerprint density at radius 2 is 2.00 bits per heavy atom. The zero-order valence-electron chi connectivity index (χ0n) is 13.9. The van der Waals surface area contributed by atoms with Crippen molar-refractivity contribution in [2.75, 3.05) is 13.1 Å². The van der Waals surface area contributed by atoms with Crippen LogP contribution in [0.2, 0.25) is 0 Å². The maximum absolute atomic E-state index is 13.7. The van der Waals surface area contributed by atoms with Gasteiger partial charge in [0.05, 0.1) is 16.0 Å². The molecule has 3 rings (SSSR count). The Morgan fingerprint density at radius 1 is 1.33 bits per heavy atom. The van der Waals surface area contributed by atoms with E-state index in [2.05, 4.69) is 26.2 Å². The van der Waals surface area contributed by atoms with Gasteiger partial charge in [0.15, 0.2) is 0 Å². The van der Waals surface area contributed by atoms with Crippen molar-refractivity contribution in [3.63, 3.8) is 0 Å². The highest BCUT2D eigenvalue weighted by molar-refractivity contribution is 9.10. The van der Waals surface area contributed by atoms with Crippen LogP contribution in [0, 0.1) is 5.82 Å². The molecule has 8 heteroatoms. The van der Waals surface area contributed by atoms with Gasteiger partial charge in [-0.05, 0) is 55.6 Å². The number of hydrogen-bond acceptors (Lipinski definition) is 4.